The summed E-state index contributed by atoms with van der Waals surface area (Å²) < 4.78 is 10.6. The molecule has 1 fully saturated rings. The van der Waals surface area contributed by atoms with Crippen molar-refractivity contribution in [2.45, 2.75) is 33.6 Å². The molecule has 0 spiro atoms. The second-order valence-electron chi connectivity index (χ2n) is 5.30. The third kappa shape index (κ3) is 7.70. The van der Waals surface area contributed by atoms with Crippen molar-refractivity contribution < 1.29 is 23.9 Å². The predicted octanol–water partition coefficient (Wildman–Crippen LogP) is 0.806. The van der Waals surface area contributed by atoms with Gasteiger partial charge >= 0.3 is 0 Å². The third-order valence-electron chi connectivity index (χ3n) is 3.26. The summed E-state index contributed by atoms with van der Waals surface area (Å²) in [4.78, 5) is 33.6. The summed E-state index contributed by atoms with van der Waals surface area (Å²) in [6.45, 7) is 8.54. The smallest absolute Gasteiger partial charge is 0.233 e. The summed E-state index contributed by atoms with van der Waals surface area (Å²) in [7, 11) is 4.17. The zero-order valence-electron chi connectivity index (χ0n) is 13.7. The molecule has 0 N–H and O–H groups in total. The second kappa shape index (κ2) is 12.3. The first-order valence-corrected chi connectivity index (χ1v) is 7.64. The largest absolute Gasteiger partial charge is 0.379 e. The molecule has 1 saturated heterocycles. The standard InChI is InChI=1S/C14H25NO4.CHBO/c1-4-6-18-8-9-19-7-5-15-13(16)10-12(11(2)3)14(15)17;2-1-3/h11-12H,4-10H2,1-3H3;1H. The van der Waals surface area contributed by atoms with Gasteiger partial charge in [-0.1, -0.05) is 20.8 Å². The zero-order valence-corrected chi connectivity index (χ0v) is 13.7. The summed E-state index contributed by atoms with van der Waals surface area (Å²) in [5, 5.41) is 0. The predicted molar refractivity (Wildman–Crippen MR) is 84.1 cm³/mol. The lowest BCUT2D eigenvalue weighted by atomic mass is 9.94. The van der Waals surface area contributed by atoms with E-state index in [1.807, 2.05) is 13.8 Å². The number of likely N-dealkylation sites (tertiary alicyclic amines) is 1. The molecule has 2 radical (unpaired) electrons. The minimum Gasteiger partial charge on any atom is -0.379 e. The Labute approximate surface area is 133 Å². The average molecular weight is 311 g/mol. The highest BCUT2D eigenvalue weighted by Crippen LogP contribution is 2.25. The Morgan fingerprint density at radius 1 is 1.23 bits per heavy atom. The fourth-order valence-corrected chi connectivity index (χ4v) is 2.09. The molecule has 1 aliphatic heterocycles. The van der Waals surface area contributed by atoms with Crippen LogP contribution >= 0.6 is 0 Å². The molecule has 0 saturated carbocycles. The fraction of sp³-hybridized carbons (Fsp3) is 0.800. The van der Waals surface area contributed by atoms with Gasteiger partial charge in [-0.2, -0.15) is 0 Å². The SMILES string of the molecule is CCCOCCOCCN1C(=O)CC(C(C)C)C1=O.[B]C=O. The van der Waals surface area contributed by atoms with Gasteiger partial charge in [0.15, 0.2) is 7.85 Å². The van der Waals surface area contributed by atoms with Gasteiger partial charge in [-0.25, -0.2) is 0 Å². The first kappa shape index (κ1) is 20.8. The molecular weight excluding hydrogens is 285 g/mol. The van der Waals surface area contributed by atoms with E-state index in [4.69, 9.17) is 14.3 Å². The van der Waals surface area contributed by atoms with Gasteiger partial charge < -0.3 is 14.3 Å². The van der Waals surface area contributed by atoms with Gasteiger partial charge in [0.1, 0.15) is 0 Å². The van der Waals surface area contributed by atoms with E-state index in [1.54, 1.807) is 0 Å². The molecule has 1 rings (SSSR count). The number of carbonyl (C=O) groups is 3. The molecule has 22 heavy (non-hydrogen) atoms. The van der Waals surface area contributed by atoms with Crippen LogP contribution in [-0.4, -0.2) is 63.7 Å². The van der Waals surface area contributed by atoms with Crippen LogP contribution in [-0.2, 0) is 23.9 Å². The van der Waals surface area contributed by atoms with Crippen LogP contribution in [0.1, 0.15) is 33.6 Å². The zero-order chi connectivity index (χ0) is 17.0. The van der Waals surface area contributed by atoms with Crippen LogP contribution in [0.2, 0.25) is 0 Å². The first-order valence-electron chi connectivity index (χ1n) is 7.64. The van der Waals surface area contributed by atoms with Crippen LogP contribution in [0.5, 0.6) is 0 Å². The Balaban J connectivity index is 0.00000135. The Morgan fingerprint density at radius 3 is 2.23 bits per heavy atom. The van der Waals surface area contributed by atoms with Crippen molar-refractivity contribution in [1.29, 1.82) is 0 Å². The molecule has 0 bridgehead atoms. The molecule has 1 unspecified atom stereocenters. The van der Waals surface area contributed by atoms with Crippen LogP contribution in [0.4, 0.5) is 0 Å². The molecule has 7 heteroatoms. The average Bonchev–Trinajstić information content (AvgIpc) is 2.75. The van der Waals surface area contributed by atoms with Crippen LogP contribution < -0.4 is 0 Å². The summed E-state index contributed by atoms with van der Waals surface area (Å²) >= 11 is 0. The summed E-state index contributed by atoms with van der Waals surface area (Å²) in [6.07, 6.45) is 1.59. The van der Waals surface area contributed by atoms with Crippen molar-refractivity contribution in [3.63, 3.8) is 0 Å². The van der Waals surface area contributed by atoms with E-state index >= 15 is 0 Å². The molecule has 2 amide bonds. The highest BCUT2D eigenvalue weighted by molar-refractivity contribution is 6.48. The van der Waals surface area contributed by atoms with E-state index in [2.05, 4.69) is 14.8 Å². The van der Waals surface area contributed by atoms with Gasteiger partial charge in [-0.3, -0.25) is 14.5 Å². The third-order valence-corrected chi connectivity index (χ3v) is 3.26. The molecule has 124 valence electrons. The van der Waals surface area contributed by atoms with Crippen LogP contribution in [0.3, 0.4) is 0 Å². The molecule has 0 aliphatic carbocycles. The number of hydrogen-bond acceptors (Lipinski definition) is 5. The van der Waals surface area contributed by atoms with E-state index in [-0.39, 0.29) is 29.8 Å². The van der Waals surface area contributed by atoms with Crippen molar-refractivity contribution in [1.82, 2.24) is 4.90 Å². The molecule has 1 heterocycles. The van der Waals surface area contributed by atoms with E-state index in [0.29, 0.717) is 32.8 Å². The summed E-state index contributed by atoms with van der Waals surface area (Å²) in [5.41, 5.74) is 0. The van der Waals surface area contributed by atoms with Gasteiger partial charge in [0.25, 0.3) is 0 Å². The normalized spacial score (nSPS) is 17.6. The maximum absolute atomic E-state index is 12.0. The van der Waals surface area contributed by atoms with Crippen LogP contribution in [0, 0.1) is 11.8 Å². The molecule has 6 nitrogen and oxygen atoms in total. The Bertz CT molecular complexity index is 349. The van der Waals surface area contributed by atoms with Gasteiger partial charge in [0, 0.05) is 18.9 Å². The minimum absolute atomic E-state index is 0.0502. The number of ether oxygens (including phenoxy) is 2. The van der Waals surface area contributed by atoms with Gasteiger partial charge in [0.2, 0.25) is 11.8 Å². The van der Waals surface area contributed by atoms with Gasteiger partial charge in [-0.15, -0.1) is 0 Å². The van der Waals surface area contributed by atoms with Gasteiger partial charge in [0.05, 0.1) is 32.6 Å². The molecule has 1 aliphatic rings. The molecule has 1 atom stereocenters. The highest BCUT2D eigenvalue weighted by Gasteiger charge is 2.39. The highest BCUT2D eigenvalue weighted by atomic mass is 16.5. The van der Waals surface area contributed by atoms with Crippen LogP contribution in [0.25, 0.3) is 0 Å². The first-order chi connectivity index (χ1) is 10.5. The minimum atomic E-state index is -0.152. The van der Waals surface area contributed by atoms with Gasteiger partial charge in [-0.05, 0) is 12.3 Å². The monoisotopic (exact) mass is 311 g/mol. The molecule has 0 aromatic rings. The molecule has 0 aromatic heterocycles. The lowest BCUT2D eigenvalue weighted by Gasteiger charge is -2.16. The number of hydrogen-bond donors (Lipinski definition) is 0. The maximum Gasteiger partial charge on any atom is 0.233 e. The number of imide groups is 1. The van der Waals surface area contributed by atoms with Crippen LogP contribution in [0.15, 0.2) is 0 Å². The number of amides is 2. The Hall–Kier alpha value is -1.21. The number of nitrogens with zero attached hydrogens (tertiary/aromatic N) is 1. The van der Waals surface area contributed by atoms with Crippen molar-refractivity contribution in [2.75, 3.05) is 33.0 Å². The van der Waals surface area contributed by atoms with E-state index in [1.165, 1.54) is 4.90 Å². The quantitative estimate of drug-likeness (QED) is 0.273. The topological polar surface area (TPSA) is 72.9 Å². The summed E-state index contributed by atoms with van der Waals surface area (Å²) in [5.74, 6) is -0.0643. The lowest BCUT2D eigenvalue weighted by Crippen LogP contribution is -2.34. The molecule has 0 aromatic carbocycles. The summed E-state index contributed by atoms with van der Waals surface area (Å²) in [6, 6.07) is 0. The number of carbonyl (C=O) groups excluding carboxylic acids is 3. The fourth-order valence-electron chi connectivity index (χ4n) is 2.09. The lowest BCUT2D eigenvalue weighted by molar-refractivity contribution is -0.140. The van der Waals surface area contributed by atoms with Crippen molar-refractivity contribution in [3.05, 3.63) is 0 Å². The van der Waals surface area contributed by atoms with E-state index in [9.17, 15) is 9.59 Å². The van der Waals surface area contributed by atoms with E-state index < -0.39 is 0 Å². The molecular formula is C15H26BNO5. The Kier molecular flexibility index (Phi) is 11.7. The maximum atomic E-state index is 12.0. The second-order valence-corrected chi connectivity index (χ2v) is 5.30. The number of rotatable bonds is 9. The van der Waals surface area contributed by atoms with Crippen molar-refractivity contribution in [3.8, 4) is 0 Å². The Morgan fingerprint density at radius 2 is 1.77 bits per heavy atom. The van der Waals surface area contributed by atoms with Crippen molar-refractivity contribution in [2.24, 2.45) is 11.8 Å². The van der Waals surface area contributed by atoms with Crippen molar-refractivity contribution >= 4 is 25.8 Å². The van der Waals surface area contributed by atoms with E-state index in [0.717, 1.165) is 13.0 Å².